The maximum Gasteiger partial charge on any atom is 0.234 e. The predicted octanol–water partition coefficient (Wildman–Crippen LogP) is 2.89. The molecule has 4 heteroatoms. The maximum absolute atomic E-state index is 12.2. The number of rotatable bonds is 5. The summed E-state index contributed by atoms with van der Waals surface area (Å²) in [5.74, 6) is 1.07. The highest BCUT2D eigenvalue weighted by Crippen LogP contribution is 2.31. The summed E-state index contributed by atoms with van der Waals surface area (Å²) in [5, 5.41) is 3.11. The van der Waals surface area contributed by atoms with E-state index < -0.39 is 0 Å². The normalized spacial score (nSPS) is 22.9. The Bertz CT molecular complexity index is 496. The van der Waals surface area contributed by atoms with Crippen LogP contribution in [0.5, 0.6) is 5.75 Å². The standard InChI is InChI=1S/C18H26N2O2/c1-22-16-10-6-14(7-11-16)17-5-3-2-4-12-20(17)13-18(21)19-15-8-9-15/h6-7,10-11,15,17H,2-5,8-9,12-13H2,1H3,(H,19,21). The van der Waals surface area contributed by atoms with E-state index in [9.17, 15) is 4.79 Å². The van der Waals surface area contributed by atoms with Crippen LogP contribution in [0.15, 0.2) is 24.3 Å². The zero-order valence-electron chi connectivity index (χ0n) is 13.4. The number of nitrogens with one attached hydrogen (secondary N) is 1. The Morgan fingerprint density at radius 1 is 1.18 bits per heavy atom. The first-order valence-electron chi connectivity index (χ1n) is 8.43. The van der Waals surface area contributed by atoms with Gasteiger partial charge in [-0.3, -0.25) is 9.69 Å². The van der Waals surface area contributed by atoms with Gasteiger partial charge in [0.2, 0.25) is 5.91 Å². The number of nitrogens with zero attached hydrogens (tertiary/aromatic N) is 1. The van der Waals surface area contributed by atoms with Gasteiger partial charge in [0, 0.05) is 12.1 Å². The Labute approximate surface area is 132 Å². The van der Waals surface area contributed by atoms with E-state index in [0.29, 0.717) is 18.6 Å². The molecule has 1 aliphatic heterocycles. The highest BCUT2D eigenvalue weighted by Gasteiger charge is 2.27. The summed E-state index contributed by atoms with van der Waals surface area (Å²) < 4.78 is 5.25. The fourth-order valence-corrected chi connectivity index (χ4v) is 3.25. The van der Waals surface area contributed by atoms with Crippen molar-refractivity contribution in [3.8, 4) is 5.75 Å². The molecule has 1 aromatic carbocycles. The lowest BCUT2D eigenvalue weighted by Crippen LogP contribution is -2.40. The second kappa shape index (κ2) is 7.14. The lowest BCUT2D eigenvalue weighted by Gasteiger charge is -2.29. The lowest BCUT2D eigenvalue weighted by atomic mass is 10.0. The first kappa shape index (κ1) is 15.3. The Kier molecular flexibility index (Phi) is 4.98. The van der Waals surface area contributed by atoms with Crippen LogP contribution in [0.25, 0.3) is 0 Å². The topological polar surface area (TPSA) is 41.6 Å². The first-order chi connectivity index (χ1) is 10.8. The molecule has 0 bridgehead atoms. The summed E-state index contributed by atoms with van der Waals surface area (Å²) in [5.41, 5.74) is 1.29. The van der Waals surface area contributed by atoms with Crippen molar-refractivity contribution in [1.29, 1.82) is 0 Å². The van der Waals surface area contributed by atoms with E-state index in [4.69, 9.17) is 4.74 Å². The smallest absolute Gasteiger partial charge is 0.234 e. The largest absolute Gasteiger partial charge is 0.497 e. The van der Waals surface area contributed by atoms with Crippen molar-refractivity contribution in [2.75, 3.05) is 20.2 Å². The Hall–Kier alpha value is -1.55. The van der Waals surface area contributed by atoms with E-state index in [1.165, 1.54) is 24.8 Å². The molecule has 2 fully saturated rings. The fraction of sp³-hybridized carbons (Fsp3) is 0.611. The molecule has 1 atom stereocenters. The monoisotopic (exact) mass is 302 g/mol. The van der Waals surface area contributed by atoms with Gasteiger partial charge in [-0.1, -0.05) is 25.0 Å². The second-order valence-corrected chi connectivity index (χ2v) is 6.45. The van der Waals surface area contributed by atoms with Gasteiger partial charge in [0.15, 0.2) is 0 Å². The average molecular weight is 302 g/mol. The fourth-order valence-electron chi connectivity index (χ4n) is 3.25. The molecule has 1 amide bonds. The van der Waals surface area contributed by atoms with Gasteiger partial charge in [0.05, 0.1) is 13.7 Å². The van der Waals surface area contributed by atoms with E-state index >= 15 is 0 Å². The molecule has 1 heterocycles. The molecular formula is C18H26N2O2. The molecule has 120 valence electrons. The number of carbonyl (C=O) groups is 1. The zero-order valence-corrected chi connectivity index (χ0v) is 13.4. The van der Waals surface area contributed by atoms with Gasteiger partial charge in [-0.25, -0.2) is 0 Å². The molecule has 0 aromatic heterocycles. The van der Waals surface area contributed by atoms with Gasteiger partial charge < -0.3 is 10.1 Å². The van der Waals surface area contributed by atoms with Gasteiger partial charge in [0.25, 0.3) is 0 Å². The number of likely N-dealkylation sites (tertiary alicyclic amines) is 1. The third kappa shape index (κ3) is 4.01. The van der Waals surface area contributed by atoms with E-state index in [2.05, 4.69) is 22.3 Å². The lowest BCUT2D eigenvalue weighted by molar-refractivity contribution is -0.123. The van der Waals surface area contributed by atoms with Crippen LogP contribution in [-0.4, -0.2) is 37.0 Å². The minimum absolute atomic E-state index is 0.183. The minimum atomic E-state index is 0.183. The molecule has 0 radical (unpaired) electrons. The number of carbonyl (C=O) groups excluding carboxylic acids is 1. The summed E-state index contributed by atoms with van der Waals surface area (Å²) in [7, 11) is 1.69. The highest BCUT2D eigenvalue weighted by molar-refractivity contribution is 5.78. The van der Waals surface area contributed by atoms with E-state index in [1.54, 1.807) is 7.11 Å². The van der Waals surface area contributed by atoms with Crippen molar-refractivity contribution in [1.82, 2.24) is 10.2 Å². The summed E-state index contributed by atoms with van der Waals surface area (Å²) in [6.07, 6.45) is 7.10. The van der Waals surface area contributed by atoms with Crippen molar-refractivity contribution in [2.45, 2.75) is 50.6 Å². The number of hydrogen-bond acceptors (Lipinski definition) is 3. The molecule has 0 spiro atoms. The van der Waals surface area contributed by atoms with Crippen LogP contribution < -0.4 is 10.1 Å². The summed E-state index contributed by atoms with van der Waals surface area (Å²) in [6, 6.07) is 9.10. The van der Waals surface area contributed by atoms with Crippen LogP contribution in [-0.2, 0) is 4.79 Å². The summed E-state index contributed by atoms with van der Waals surface area (Å²) >= 11 is 0. The van der Waals surface area contributed by atoms with E-state index in [-0.39, 0.29) is 5.91 Å². The van der Waals surface area contributed by atoms with Gasteiger partial charge >= 0.3 is 0 Å². The van der Waals surface area contributed by atoms with Crippen LogP contribution in [0.4, 0.5) is 0 Å². The third-order valence-corrected chi connectivity index (χ3v) is 4.65. The van der Waals surface area contributed by atoms with Crippen molar-refractivity contribution >= 4 is 5.91 Å². The van der Waals surface area contributed by atoms with Crippen molar-refractivity contribution in [2.24, 2.45) is 0 Å². The molecule has 3 rings (SSSR count). The molecule has 1 aliphatic carbocycles. The zero-order chi connectivity index (χ0) is 15.4. The second-order valence-electron chi connectivity index (χ2n) is 6.45. The Morgan fingerprint density at radius 2 is 1.95 bits per heavy atom. The SMILES string of the molecule is COc1ccc(C2CCCCCN2CC(=O)NC2CC2)cc1. The maximum atomic E-state index is 12.2. The quantitative estimate of drug-likeness (QED) is 0.909. The number of amides is 1. The number of benzene rings is 1. The van der Waals surface area contributed by atoms with Gasteiger partial charge in [-0.05, 0) is 49.9 Å². The molecule has 2 aliphatic rings. The van der Waals surface area contributed by atoms with Crippen molar-refractivity contribution in [3.63, 3.8) is 0 Å². The van der Waals surface area contributed by atoms with Crippen LogP contribution in [0.1, 0.15) is 50.1 Å². The molecule has 1 aromatic rings. The Morgan fingerprint density at radius 3 is 2.64 bits per heavy atom. The average Bonchev–Trinajstić information content (AvgIpc) is 3.35. The molecule has 1 N–H and O–H groups in total. The molecule has 22 heavy (non-hydrogen) atoms. The van der Waals surface area contributed by atoms with E-state index in [0.717, 1.165) is 31.6 Å². The van der Waals surface area contributed by atoms with Crippen LogP contribution in [0.2, 0.25) is 0 Å². The summed E-state index contributed by atoms with van der Waals surface area (Å²) in [4.78, 5) is 14.5. The van der Waals surface area contributed by atoms with Crippen LogP contribution in [0.3, 0.4) is 0 Å². The highest BCUT2D eigenvalue weighted by atomic mass is 16.5. The number of ether oxygens (including phenoxy) is 1. The number of hydrogen-bond donors (Lipinski definition) is 1. The van der Waals surface area contributed by atoms with Gasteiger partial charge in [0.1, 0.15) is 5.75 Å². The molecule has 1 saturated heterocycles. The molecule has 1 saturated carbocycles. The van der Waals surface area contributed by atoms with Crippen molar-refractivity contribution in [3.05, 3.63) is 29.8 Å². The Balaban J connectivity index is 1.69. The van der Waals surface area contributed by atoms with Crippen LogP contribution >= 0.6 is 0 Å². The number of methoxy groups -OCH3 is 1. The minimum Gasteiger partial charge on any atom is -0.497 e. The third-order valence-electron chi connectivity index (χ3n) is 4.65. The predicted molar refractivity (Wildman–Crippen MR) is 86.9 cm³/mol. The molecule has 4 nitrogen and oxygen atoms in total. The molecule has 1 unspecified atom stereocenters. The summed E-state index contributed by atoms with van der Waals surface area (Å²) in [6.45, 7) is 1.53. The van der Waals surface area contributed by atoms with Crippen molar-refractivity contribution < 1.29 is 9.53 Å². The first-order valence-corrected chi connectivity index (χ1v) is 8.43. The van der Waals surface area contributed by atoms with Gasteiger partial charge in [-0.2, -0.15) is 0 Å². The van der Waals surface area contributed by atoms with Crippen LogP contribution in [0, 0.1) is 0 Å². The van der Waals surface area contributed by atoms with E-state index in [1.807, 2.05) is 12.1 Å². The molecular weight excluding hydrogens is 276 g/mol. The van der Waals surface area contributed by atoms with Gasteiger partial charge in [-0.15, -0.1) is 0 Å².